The summed E-state index contributed by atoms with van der Waals surface area (Å²) in [6, 6.07) is 11.9. The number of thioether (sulfide) groups is 1. The molecule has 0 aliphatic heterocycles. The largest absolute Gasteiger partial charge is 0.388 e. The summed E-state index contributed by atoms with van der Waals surface area (Å²) in [5, 5.41) is 10.8. The molecule has 0 fully saturated rings. The van der Waals surface area contributed by atoms with Crippen molar-refractivity contribution in [1.29, 1.82) is 0 Å². The maximum atomic E-state index is 13.0. The van der Waals surface area contributed by atoms with Crippen molar-refractivity contribution >= 4 is 23.4 Å². The van der Waals surface area contributed by atoms with E-state index in [9.17, 15) is 9.50 Å². The zero-order chi connectivity index (χ0) is 13.8. The van der Waals surface area contributed by atoms with E-state index in [1.165, 1.54) is 12.1 Å². The molecule has 0 saturated carbocycles. The zero-order valence-corrected chi connectivity index (χ0v) is 12.0. The number of rotatable bonds is 4. The number of aliphatic hydroxyl groups excluding tert-OH is 1. The third kappa shape index (κ3) is 3.96. The Morgan fingerprint density at radius 3 is 2.53 bits per heavy atom. The van der Waals surface area contributed by atoms with E-state index in [0.717, 1.165) is 16.0 Å². The van der Waals surface area contributed by atoms with E-state index in [-0.39, 0.29) is 5.82 Å². The van der Waals surface area contributed by atoms with Crippen LogP contribution >= 0.6 is 23.4 Å². The molecule has 0 spiro atoms. The molecule has 100 valence electrons. The van der Waals surface area contributed by atoms with E-state index in [1.54, 1.807) is 24.8 Å². The Bertz CT molecular complexity index is 557. The number of benzene rings is 2. The molecule has 0 saturated heterocycles. The number of aryl methyl sites for hydroxylation is 1. The molecule has 0 radical (unpaired) electrons. The minimum absolute atomic E-state index is 0.279. The van der Waals surface area contributed by atoms with E-state index in [4.69, 9.17) is 11.6 Å². The second-order valence-electron chi connectivity index (χ2n) is 4.28. The molecule has 0 aliphatic carbocycles. The molecule has 0 aliphatic rings. The first-order chi connectivity index (χ1) is 9.06. The molecule has 4 heteroatoms. The van der Waals surface area contributed by atoms with E-state index < -0.39 is 6.10 Å². The van der Waals surface area contributed by atoms with Crippen molar-refractivity contribution < 1.29 is 9.50 Å². The van der Waals surface area contributed by atoms with Crippen molar-refractivity contribution in [1.82, 2.24) is 0 Å². The average molecular weight is 297 g/mol. The fourth-order valence-corrected chi connectivity index (χ4v) is 2.79. The first-order valence-corrected chi connectivity index (χ1v) is 7.25. The van der Waals surface area contributed by atoms with Gasteiger partial charge in [-0.05, 0) is 54.4 Å². The molecule has 1 N–H and O–H groups in total. The molecule has 2 aromatic rings. The molecule has 0 bridgehead atoms. The maximum Gasteiger partial charge on any atom is 0.123 e. The number of aliphatic hydroxyl groups is 1. The summed E-state index contributed by atoms with van der Waals surface area (Å²) >= 11 is 7.35. The summed E-state index contributed by atoms with van der Waals surface area (Å²) < 4.78 is 13.0. The second kappa shape index (κ2) is 6.42. The summed E-state index contributed by atoms with van der Waals surface area (Å²) in [6.45, 7) is 1.80. The third-order valence-electron chi connectivity index (χ3n) is 2.81. The molecule has 2 rings (SSSR count). The van der Waals surface area contributed by atoms with Gasteiger partial charge in [-0.2, -0.15) is 0 Å². The molecule has 2 aromatic carbocycles. The van der Waals surface area contributed by atoms with Crippen LogP contribution in [0.1, 0.15) is 17.2 Å². The van der Waals surface area contributed by atoms with Crippen LogP contribution in [0, 0.1) is 12.7 Å². The fourth-order valence-electron chi connectivity index (χ4n) is 1.81. The lowest BCUT2D eigenvalue weighted by Crippen LogP contribution is -2.03. The standard InChI is InChI=1S/C15H14ClFOS/c1-10-8-12(17)4-7-14(10)15(18)9-19-13-5-2-11(16)3-6-13/h2-8,15,18H,9H2,1H3. The normalized spacial score (nSPS) is 12.4. The molecular weight excluding hydrogens is 283 g/mol. The lowest BCUT2D eigenvalue weighted by molar-refractivity contribution is 0.203. The van der Waals surface area contributed by atoms with Crippen LogP contribution in [0.3, 0.4) is 0 Å². The smallest absolute Gasteiger partial charge is 0.123 e. The monoisotopic (exact) mass is 296 g/mol. The van der Waals surface area contributed by atoms with Crippen molar-refractivity contribution in [2.75, 3.05) is 5.75 Å². The van der Waals surface area contributed by atoms with E-state index >= 15 is 0 Å². The number of hydrogen-bond donors (Lipinski definition) is 1. The van der Waals surface area contributed by atoms with Crippen LogP contribution in [0.4, 0.5) is 4.39 Å². The minimum Gasteiger partial charge on any atom is -0.388 e. The van der Waals surface area contributed by atoms with Gasteiger partial charge in [0.2, 0.25) is 0 Å². The third-order valence-corrected chi connectivity index (χ3v) is 4.15. The predicted octanol–water partition coefficient (Wildman–Crippen LogP) is 4.61. The Hall–Kier alpha value is -1.03. The highest BCUT2D eigenvalue weighted by molar-refractivity contribution is 7.99. The van der Waals surface area contributed by atoms with Gasteiger partial charge in [0, 0.05) is 15.7 Å². The SMILES string of the molecule is Cc1cc(F)ccc1C(O)CSc1ccc(Cl)cc1. The second-order valence-corrected chi connectivity index (χ2v) is 5.81. The Balaban J connectivity index is 2.01. The predicted molar refractivity (Wildman–Crippen MR) is 78.3 cm³/mol. The summed E-state index contributed by atoms with van der Waals surface area (Å²) in [7, 11) is 0. The van der Waals surface area contributed by atoms with Crippen LogP contribution in [0.25, 0.3) is 0 Å². The Morgan fingerprint density at radius 2 is 1.89 bits per heavy atom. The quantitative estimate of drug-likeness (QED) is 0.831. The van der Waals surface area contributed by atoms with Gasteiger partial charge in [-0.1, -0.05) is 17.7 Å². The summed E-state index contributed by atoms with van der Waals surface area (Å²) in [5.41, 5.74) is 1.53. The zero-order valence-electron chi connectivity index (χ0n) is 10.4. The average Bonchev–Trinajstić information content (AvgIpc) is 2.37. The minimum atomic E-state index is -0.610. The topological polar surface area (TPSA) is 20.2 Å². The first-order valence-electron chi connectivity index (χ1n) is 5.89. The van der Waals surface area contributed by atoms with Gasteiger partial charge >= 0.3 is 0 Å². The van der Waals surface area contributed by atoms with Crippen LogP contribution < -0.4 is 0 Å². The molecule has 1 nitrogen and oxygen atoms in total. The van der Waals surface area contributed by atoms with E-state index in [1.807, 2.05) is 24.3 Å². The number of hydrogen-bond acceptors (Lipinski definition) is 2. The fraction of sp³-hybridized carbons (Fsp3) is 0.200. The molecular formula is C15H14ClFOS. The van der Waals surface area contributed by atoms with Crippen molar-refractivity contribution in [3.05, 3.63) is 64.4 Å². The van der Waals surface area contributed by atoms with E-state index in [2.05, 4.69) is 0 Å². The summed E-state index contributed by atoms with van der Waals surface area (Å²) in [6.07, 6.45) is -0.610. The molecule has 1 atom stereocenters. The molecule has 1 unspecified atom stereocenters. The van der Waals surface area contributed by atoms with Gasteiger partial charge in [-0.15, -0.1) is 11.8 Å². The highest BCUT2D eigenvalue weighted by Crippen LogP contribution is 2.27. The molecule has 0 heterocycles. The summed E-state index contributed by atoms with van der Waals surface area (Å²) in [5.74, 6) is 0.243. The Kier molecular flexibility index (Phi) is 4.86. The summed E-state index contributed by atoms with van der Waals surface area (Å²) in [4.78, 5) is 1.04. The first kappa shape index (κ1) is 14.4. The lowest BCUT2D eigenvalue weighted by Gasteiger charge is -2.13. The van der Waals surface area contributed by atoms with Gasteiger partial charge in [0.1, 0.15) is 5.82 Å². The van der Waals surface area contributed by atoms with Gasteiger partial charge in [0.05, 0.1) is 6.10 Å². The van der Waals surface area contributed by atoms with Crippen LogP contribution in [0.2, 0.25) is 5.02 Å². The highest BCUT2D eigenvalue weighted by Gasteiger charge is 2.11. The lowest BCUT2D eigenvalue weighted by atomic mass is 10.0. The van der Waals surface area contributed by atoms with Crippen LogP contribution in [-0.4, -0.2) is 10.9 Å². The van der Waals surface area contributed by atoms with Gasteiger partial charge in [0.25, 0.3) is 0 Å². The molecule has 0 amide bonds. The van der Waals surface area contributed by atoms with Crippen molar-refractivity contribution in [3.8, 4) is 0 Å². The molecule has 19 heavy (non-hydrogen) atoms. The van der Waals surface area contributed by atoms with Gasteiger partial charge < -0.3 is 5.11 Å². The van der Waals surface area contributed by atoms with Crippen molar-refractivity contribution in [2.45, 2.75) is 17.9 Å². The molecule has 0 aromatic heterocycles. The van der Waals surface area contributed by atoms with Gasteiger partial charge in [-0.3, -0.25) is 0 Å². The van der Waals surface area contributed by atoms with Gasteiger partial charge in [0.15, 0.2) is 0 Å². The Labute approximate surface area is 121 Å². The number of halogens is 2. The highest BCUT2D eigenvalue weighted by atomic mass is 35.5. The van der Waals surface area contributed by atoms with Crippen molar-refractivity contribution in [3.63, 3.8) is 0 Å². The van der Waals surface area contributed by atoms with E-state index in [0.29, 0.717) is 10.8 Å². The Morgan fingerprint density at radius 1 is 1.21 bits per heavy atom. The van der Waals surface area contributed by atoms with Crippen LogP contribution in [0.5, 0.6) is 0 Å². The van der Waals surface area contributed by atoms with Gasteiger partial charge in [-0.25, -0.2) is 4.39 Å². The maximum absolute atomic E-state index is 13.0. The van der Waals surface area contributed by atoms with Crippen molar-refractivity contribution in [2.24, 2.45) is 0 Å². The van der Waals surface area contributed by atoms with Crippen LogP contribution in [0.15, 0.2) is 47.4 Å². The van der Waals surface area contributed by atoms with Crippen LogP contribution in [-0.2, 0) is 0 Å².